The van der Waals surface area contributed by atoms with Crippen LogP contribution in [0.3, 0.4) is 0 Å². The van der Waals surface area contributed by atoms with Crippen molar-refractivity contribution in [1.82, 2.24) is 4.90 Å². The number of nitriles is 1. The lowest BCUT2D eigenvalue weighted by molar-refractivity contribution is -0.135. The monoisotopic (exact) mass is 319 g/mol. The Kier molecular flexibility index (Phi) is 5.69. The zero-order valence-corrected chi connectivity index (χ0v) is 13.1. The second kappa shape index (κ2) is 7.73. The standard InChI is InChI=1S/C15H17N3O3S/c1-20-13-5-3-2-4-12(13)17-14(22)11(10-16)15(19)18-6-8-21-9-7-18/h2-5,11H,6-9H2,1H3,(H,17,22)/t11-/m1/s1. The number of anilines is 1. The largest absolute Gasteiger partial charge is 0.495 e. The van der Waals surface area contributed by atoms with E-state index in [0.717, 1.165) is 0 Å². The van der Waals surface area contributed by atoms with Crippen molar-refractivity contribution in [2.24, 2.45) is 5.92 Å². The van der Waals surface area contributed by atoms with Gasteiger partial charge in [-0.05, 0) is 12.1 Å². The van der Waals surface area contributed by atoms with Gasteiger partial charge in [-0.1, -0.05) is 24.4 Å². The summed E-state index contributed by atoms with van der Waals surface area (Å²) in [6.45, 7) is 1.93. The number of carbonyl (C=O) groups excluding carboxylic acids is 1. The molecule has 1 N–H and O–H groups in total. The van der Waals surface area contributed by atoms with Crippen molar-refractivity contribution in [2.75, 3.05) is 38.7 Å². The second-order valence-corrected chi connectivity index (χ2v) is 5.13. The Bertz CT molecular complexity index is 594. The summed E-state index contributed by atoms with van der Waals surface area (Å²) in [4.78, 5) is 14.2. The Morgan fingerprint density at radius 3 is 2.77 bits per heavy atom. The van der Waals surface area contributed by atoms with Gasteiger partial charge in [-0.2, -0.15) is 5.26 Å². The first-order valence-electron chi connectivity index (χ1n) is 6.87. The van der Waals surface area contributed by atoms with Gasteiger partial charge in [0.25, 0.3) is 0 Å². The van der Waals surface area contributed by atoms with Crippen molar-refractivity contribution < 1.29 is 14.3 Å². The number of nitrogens with zero attached hydrogens (tertiary/aromatic N) is 2. The minimum atomic E-state index is -1.02. The molecule has 1 fully saturated rings. The highest BCUT2D eigenvalue weighted by Gasteiger charge is 2.29. The van der Waals surface area contributed by atoms with Crippen LogP contribution in [0, 0.1) is 17.2 Å². The van der Waals surface area contributed by atoms with E-state index in [2.05, 4.69) is 5.32 Å². The summed E-state index contributed by atoms with van der Waals surface area (Å²) >= 11 is 5.24. The minimum absolute atomic E-state index is 0.170. The van der Waals surface area contributed by atoms with Crippen LogP contribution in [0.5, 0.6) is 5.75 Å². The number of thiocarbonyl (C=S) groups is 1. The normalized spacial score (nSPS) is 15.5. The van der Waals surface area contributed by atoms with Crippen LogP contribution in [-0.4, -0.2) is 49.2 Å². The average Bonchev–Trinajstić information content (AvgIpc) is 2.56. The molecule has 1 amide bonds. The number of amides is 1. The fourth-order valence-corrected chi connectivity index (χ4v) is 2.41. The van der Waals surface area contributed by atoms with E-state index in [1.807, 2.05) is 18.2 Å². The van der Waals surface area contributed by atoms with E-state index in [1.54, 1.807) is 24.1 Å². The molecule has 116 valence electrons. The maximum absolute atomic E-state index is 12.4. The van der Waals surface area contributed by atoms with E-state index in [4.69, 9.17) is 21.7 Å². The first-order chi connectivity index (χ1) is 10.7. The molecular formula is C15H17N3O3S. The van der Waals surface area contributed by atoms with E-state index in [1.165, 1.54) is 0 Å². The smallest absolute Gasteiger partial charge is 0.247 e. The molecule has 1 aliphatic rings. The molecular weight excluding hydrogens is 302 g/mol. The minimum Gasteiger partial charge on any atom is -0.495 e. The molecule has 7 heteroatoms. The number of hydrogen-bond donors (Lipinski definition) is 1. The van der Waals surface area contributed by atoms with Crippen LogP contribution in [0.15, 0.2) is 24.3 Å². The average molecular weight is 319 g/mol. The summed E-state index contributed by atoms with van der Waals surface area (Å²) in [5, 5.41) is 12.3. The van der Waals surface area contributed by atoms with Gasteiger partial charge < -0.3 is 19.7 Å². The van der Waals surface area contributed by atoms with Gasteiger partial charge in [-0.15, -0.1) is 0 Å². The summed E-state index contributed by atoms with van der Waals surface area (Å²) < 4.78 is 10.4. The topological polar surface area (TPSA) is 74.6 Å². The van der Waals surface area contributed by atoms with Crippen LogP contribution < -0.4 is 10.1 Å². The highest BCUT2D eigenvalue weighted by atomic mass is 32.1. The molecule has 6 nitrogen and oxygen atoms in total. The lowest BCUT2D eigenvalue weighted by Gasteiger charge is -2.28. The van der Waals surface area contributed by atoms with Gasteiger partial charge >= 0.3 is 0 Å². The third-order valence-corrected chi connectivity index (χ3v) is 3.66. The van der Waals surface area contributed by atoms with Crippen molar-refractivity contribution in [3.8, 4) is 11.8 Å². The van der Waals surface area contributed by atoms with Crippen molar-refractivity contribution in [3.63, 3.8) is 0 Å². The fraction of sp³-hybridized carbons (Fsp3) is 0.400. The van der Waals surface area contributed by atoms with E-state index in [-0.39, 0.29) is 10.9 Å². The summed E-state index contributed by atoms with van der Waals surface area (Å²) in [5.74, 6) is -0.712. The van der Waals surface area contributed by atoms with Gasteiger partial charge in [-0.3, -0.25) is 4.79 Å². The highest BCUT2D eigenvalue weighted by molar-refractivity contribution is 7.80. The summed E-state index contributed by atoms with van der Waals surface area (Å²) in [7, 11) is 1.55. The first kappa shape index (κ1) is 16.2. The molecule has 0 aromatic heterocycles. The molecule has 0 saturated carbocycles. The lowest BCUT2D eigenvalue weighted by Crippen LogP contribution is -2.46. The molecule has 1 aliphatic heterocycles. The second-order valence-electron chi connectivity index (χ2n) is 4.69. The maximum atomic E-state index is 12.4. The van der Waals surface area contributed by atoms with E-state index >= 15 is 0 Å². The number of morpholine rings is 1. The van der Waals surface area contributed by atoms with Gasteiger partial charge in [0.2, 0.25) is 5.91 Å². The molecule has 1 saturated heterocycles. The molecule has 1 atom stereocenters. The quantitative estimate of drug-likeness (QED) is 0.846. The predicted octanol–water partition coefficient (Wildman–Crippen LogP) is 1.43. The van der Waals surface area contributed by atoms with E-state index in [0.29, 0.717) is 37.7 Å². The number of methoxy groups -OCH3 is 1. The molecule has 1 heterocycles. The number of nitrogens with one attached hydrogen (secondary N) is 1. The number of ether oxygens (including phenoxy) is 2. The van der Waals surface area contributed by atoms with Gasteiger partial charge in [-0.25, -0.2) is 0 Å². The molecule has 22 heavy (non-hydrogen) atoms. The van der Waals surface area contributed by atoms with Crippen LogP contribution in [-0.2, 0) is 9.53 Å². The highest BCUT2D eigenvalue weighted by Crippen LogP contribution is 2.24. The third kappa shape index (κ3) is 3.72. The maximum Gasteiger partial charge on any atom is 0.247 e. The molecule has 0 spiro atoms. The summed E-state index contributed by atoms with van der Waals surface area (Å²) in [6, 6.07) is 9.18. The van der Waals surface area contributed by atoms with Gasteiger partial charge in [0.15, 0.2) is 5.92 Å². The zero-order chi connectivity index (χ0) is 15.9. The molecule has 0 unspecified atom stereocenters. The van der Waals surface area contributed by atoms with Crippen molar-refractivity contribution in [1.29, 1.82) is 5.26 Å². The number of rotatable bonds is 4. The zero-order valence-electron chi connectivity index (χ0n) is 12.2. The number of para-hydroxylation sites is 2. The van der Waals surface area contributed by atoms with Gasteiger partial charge in [0, 0.05) is 13.1 Å². The Morgan fingerprint density at radius 1 is 1.45 bits per heavy atom. The van der Waals surface area contributed by atoms with Crippen molar-refractivity contribution in [3.05, 3.63) is 24.3 Å². The van der Waals surface area contributed by atoms with Crippen LogP contribution in [0.4, 0.5) is 5.69 Å². The van der Waals surface area contributed by atoms with Gasteiger partial charge in [0.05, 0.1) is 32.1 Å². The Labute approximate surface area is 134 Å². The van der Waals surface area contributed by atoms with E-state index in [9.17, 15) is 10.1 Å². The number of hydrogen-bond acceptors (Lipinski definition) is 5. The Balaban J connectivity index is 2.08. The van der Waals surface area contributed by atoms with Crippen LogP contribution in [0.1, 0.15) is 0 Å². The van der Waals surface area contributed by atoms with Crippen LogP contribution in [0.2, 0.25) is 0 Å². The van der Waals surface area contributed by atoms with Crippen molar-refractivity contribution in [2.45, 2.75) is 0 Å². The van der Waals surface area contributed by atoms with Crippen LogP contribution in [0.25, 0.3) is 0 Å². The summed E-state index contributed by atoms with van der Waals surface area (Å²) in [5.41, 5.74) is 0.630. The molecule has 1 aromatic rings. The first-order valence-corrected chi connectivity index (χ1v) is 7.28. The Hall–Kier alpha value is -2.17. The molecule has 0 radical (unpaired) electrons. The number of carbonyl (C=O) groups is 1. The van der Waals surface area contributed by atoms with Crippen LogP contribution >= 0.6 is 12.2 Å². The predicted molar refractivity (Wildman–Crippen MR) is 85.7 cm³/mol. The molecule has 2 rings (SSSR count). The van der Waals surface area contributed by atoms with Gasteiger partial charge in [0.1, 0.15) is 10.7 Å². The summed E-state index contributed by atoms with van der Waals surface area (Å²) in [6.07, 6.45) is 0. The molecule has 1 aromatic carbocycles. The fourth-order valence-electron chi connectivity index (χ4n) is 2.15. The molecule has 0 aliphatic carbocycles. The lowest BCUT2D eigenvalue weighted by atomic mass is 10.1. The Morgan fingerprint density at radius 2 is 2.14 bits per heavy atom. The third-order valence-electron chi connectivity index (χ3n) is 3.33. The molecule has 0 bridgehead atoms. The number of benzene rings is 1. The van der Waals surface area contributed by atoms with E-state index < -0.39 is 5.92 Å². The SMILES string of the molecule is COc1ccccc1NC(=S)[C@@H](C#N)C(=O)N1CCOCC1. The van der Waals surface area contributed by atoms with Crippen molar-refractivity contribution >= 4 is 28.8 Å².